The lowest BCUT2D eigenvalue weighted by Crippen LogP contribution is -2.12. The third-order valence-electron chi connectivity index (χ3n) is 3.38. The Balaban J connectivity index is 1.76. The van der Waals surface area contributed by atoms with Gasteiger partial charge in [-0.2, -0.15) is 10.4 Å². The molecule has 3 aromatic rings. The average molecular weight is 323 g/mol. The lowest BCUT2D eigenvalue weighted by atomic mass is 10.1. The zero-order chi connectivity index (χ0) is 16.4. The second-order valence-electron chi connectivity index (χ2n) is 4.98. The van der Waals surface area contributed by atoms with E-state index in [-0.39, 0.29) is 5.91 Å². The summed E-state index contributed by atoms with van der Waals surface area (Å²) in [4.78, 5) is 16.6. The smallest absolute Gasteiger partial charge is 0.277 e. The quantitative estimate of drug-likeness (QED) is 0.803. The van der Waals surface area contributed by atoms with Gasteiger partial charge in [-0.1, -0.05) is 12.1 Å². The van der Waals surface area contributed by atoms with E-state index in [9.17, 15) is 4.79 Å². The van der Waals surface area contributed by atoms with E-state index in [1.807, 2.05) is 24.4 Å². The maximum atomic E-state index is 12.2. The first-order valence-corrected chi connectivity index (χ1v) is 7.73. The molecule has 0 aliphatic rings. The van der Waals surface area contributed by atoms with E-state index in [0.717, 1.165) is 17.0 Å². The minimum absolute atomic E-state index is 0.283. The van der Waals surface area contributed by atoms with Crippen LogP contribution in [0.5, 0.6) is 0 Å². The highest BCUT2D eigenvalue weighted by Crippen LogP contribution is 2.25. The molecule has 2 heterocycles. The molecule has 0 bridgehead atoms. The number of aromatic nitrogens is 3. The highest BCUT2D eigenvalue weighted by molar-refractivity contribution is 7.14. The van der Waals surface area contributed by atoms with Crippen molar-refractivity contribution in [2.24, 2.45) is 7.05 Å². The Kier molecular flexibility index (Phi) is 3.91. The molecule has 0 fully saturated rings. The van der Waals surface area contributed by atoms with Crippen molar-refractivity contribution in [3.05, 3.63) is 52.7 Å². The van der Waals surface area contributed by atoms with Crippen molar-refractivity contribution in [1.29, 1.82) is 5.26 Å². The van der Waals surface area contributed by atoms with Gasteiger partial charge in [0, 0.05) is 23.7 Å². The molecule has 0 saturated carbocycles. The van der Waals surface area contributed by atoms with Crippen LogP contribution in [0.1, 0.15) is 21.7 Å². The average Bonchev–Trinajstić information content (AvgIpc) is 3.15. The Hall–Kier alpha value is -2.98. The molecule has 0 aliphatic heterocycles. The molecule has 0 atom stereocenters. The van der Waals surface area contributed by atoms with E-state index in [1.54, 1.807) is 29.9 Å². The van der Waals surface area contributed by atoms with Crippen LogP contribution in [0.3, 0.4) is 0 Å². The number of hydrogen-bond acceptors (Lipinski definition) is 5. The van der Waals surface area contributed by atoms with Crippen LogP contribution in [-0.4, -0.2) is 20.7 Å². The number of nitrogens with zero attached hydrogens (tertiary/aromatic N) is 4. The number of thiazole rings is 1. The second-order valence-corrected chi connectivity index (χ2v) is 5.83. The molecule has 1 amide bonds. The van der Waals surface area contributed by atoms with Crippen molar-refractivity contribution in [2.45, 2.75) is 6.92 Å². The van der Waals surface area contributed by atoms with Crippen molar-refractivity contribution in [2.75, 3.05) is 5.32 Å². The molecule has 23 heavy (non-hydrogen) atoms. The minimum Gasteiger partial charge on any atom is -0.296 e. The number of carbonyl (C=O) groups excluding carboxylic acids is 1. The fourth-order valence-corrected chi connectivity index (χ4v) is 2.73. The number of aryl methyl sites for hydroxylation is 2. The number of nitriles is 1. The summed E-state index contributed by atoms with van der Waals surface area (Å²) in [7, 11) is 1.79. The zero-order valence-corrected chi connectivity index (χ0v) is 13.4. The van der Waals surface area contributed by atoms with E-state index >= 15 is 0 Å². The van der Waals surface area contributed by atoms with Gasteiger partial charge in [0.1, 0.15) is 0 Å². The van der Waals surface area contributed by atoms with Gasteiger partial charge in [-0.15, -0.1) is 11.3 Å². The predicted molar refractivity (Wildman–Crippen MR) is 88.2 cm³/mol. The van der Waals surface area contributed by atoms with Crippen LogP contribution >= 0.6 is 11.3 Å². The van der Waals surface area contributed by atoms with Crippen LogP contribution in [-0.2, 0) is 7.05 Å². The van der Waals surface area contributed by atoms with Crippen molar-refractivity contribution in [3.8, 4) is 17.3 Å². The monoisotopic (exact) mass is 323 g/mol. The molecule has 0 saturated heterocycles. The SMILES string of the molecule is Cc1cc(C(=O)Nc2nc(-c3ccc(C#N)cc3)cs2)nn1C. The number of benzene rings is 1. The Morgan fingerprint density at radius 3 is 2.70 bits per heavy atom. The van der Waals surface area contributed by atoms with Gasteiger partial charge in [0.25, 0.3) is 5.91 Å². The largest absolute Gasteiger partial charge is 0.296 e. The van der Waals surface area contributed by atoms with Crippen molar-refractivity contribution in [3.63, 3.8) is 0 Å². The van der Waals surface area contributed by atoms with E-state index < -0.39 is 0 Å². The van der Waals surface area contributed by atoms with Crippen LogP contribution in [0.15, 0.2) is 35.7 Å². The second kappa shape index (κ2) is 6.02. The highest BCUT2D eigenvalue weighted by Gasteiger charge is 2.13. The molecule has 7 heteroatoms. The topological polar surface area (TPSA) is 83.6 Å². The molecular weight excluding hydrogens is 310 g/mol. The molecule has 1 aromatic carbocycles. The molecule has 2 aromatic heterocycles. The van der Waals surface area contributed by atoms with Gasteiger partial charge in [-0.3, -0.25) is 14.8 Å². The number of nitrogens with one attached hydrogen (secondary N) is 1. The number of rotatable bonds is 3. The Morgan fingerprint density at radius 1 is 1.35 bits per heavy atom. The standard InChI is InChI=1S/C16H13N5OS/c1-10-7-13(20-21(10)2)15(22)19-16-18-14(9-23-16)12-5-3-11(8-17)4-6-12/h3-7,9H,1-2H3,(H,18,19,22). The summed E-state index contributed by atoms with van der Waals surface area (Å²) in [5, 5.41) is 18.1. The number of amides is 1. The summed E-state index contributed by atoms with van der Waals surface area (Å²) in [5.74, 6) is -0.283. The summed E-state index contributed by atoms with van der Waals surface area (Å²) < 4.78 is 1.65. The summed E-state index contributed by atoms with van der Waals surface area (Å²) in [5.41, 5.74) is 3.53. The van der Waals surface area contributed by atoms with Crippen molar-refractivity contribution >= 4 is 22.4 Å². The third-order valence-corrected chi connectivity index (χ3v) is 4.14. The molecular formula is C16H13N5OS. The Morgan fingerprint density at radius 2 is 2.09 bits per heavy atom. The summed E-state index contributed by atoms with van der Waals surface area (Å²) in [6.07, 6.45) is 0. The van der Waals surface area contributed by atoms with Crippen LogP contribution in [0, 0.1) is 18.3 Å². The normalized spacial score (nSPS) is 10.3. The highest BCUT2D eigenvalue weighted by atomic mass is 32.1. The van der Waals surface area contributed by atoms with Gasteiger partial charge in [-0.25, -0.2) is 4.98 Å². The predicted octanol–water partition coefficient (Wildman–Crippen LogP) is 2.98. The number of hydrogen-bond donors (Lipinski definition) is 1. The van der Waals surface area contributed by atoms with E-state index in [2.05, 4.69) is 21.5 Å². The fourth-order valence-electron chi connectivity index (χ4n) is 2.01. The molecule has 3 rings (SSSR count). The molecule has 114 valence electrons. The van der Waals surface area contributed by atoms with E-state index in [0.29, 0.717) is 16.4 Å². The molecule has 0 unspecified atom stereocenters. The van der Waals surface area contributed by atoms with Gasteiger partial charge in [0.2, 0.25) is 0 Å². The van der Waals surface area contributed by atoms with Crippen LogP contribution in [0.4, 0.5) is 5.13 Å². The van der Waals surface area contributed by atoms with Gasteiger partial charge in [0.15, 0.2) is 10.8 Å². The van der Waals surface area contributed by atoms with E-state index in [1.165, 1.54) is 11.3 Å². The fraction of sp³-hybridized carbons (Fsp3) is 0.125. The van der Waals surface area contributed by atoms with Gasteiger partial charge in [-0.05, 0) is 25.1 Å². The number of anilines is 1. The molecule has 1 N–H and O–H groups in total. The molecule has 0 aliphatic carbocycles. The Bertz CT molecular complexity index is 882. The van der Waals surface area contributed by atoms with Crippen molar-refractivity contribution < 1.29 is 4.79 Å². The van der Waals surface area contributed by atoms with Gasteiger partial charge in [0.05, 0.1) is 17.3 Å². The molecule has 0 radical (unpaired) electrons. The summed E-state index contributed by atoms with van der Waals surface area (Å²) >= 11 is 1.35. The van der Waals surface area contributed by atoms with Crippen LogP contribution in [0.2, 0.25) is 0 Å². The third kappa shape index (κ3) is 3.12. The number of carbonyl (C=O) groups is 1. The lowest BCUT2D eigenvalue weighted by Gasteiger charge is -1.98. The first kappa shape index (κ1) is 14.9. The van der Waals surface area contributed by atoms with Crippen LogP contribution in [0.25, 0.3) is 11.3 Å². The summed E-state index contributed by atoms with van der Waals surface area (Å²) in [6, 6.07) is 11.0. The summed E-state index contributed by atoms with van der Waals surface area (Å²) in [6.45, 7) is 1.89. The molecule has 0 spiro atoms. The molecule has 6 nitrogen and oxygen atoms in total. The lowest BCUT2D eigenvalue weighted by molar-refractivity contribution is 0.102. The van der Waals surface area contributed by atoms with E-state index in [4.69, 9.17) is 5.26 Å². The van der Waals surface area contributed by atoms with Crippen LogP contribution < -0.4 is 5.32 Å². The maximum Gasteiger partial charge on any atom is 0.277 e. The van der Waals surface area contributed by atoms with Gasteiger partial charge < -0.3 is 0 Å². The maximum absolute atomic E-state index is 12.2. The first-order valence-electron chi connectivity index (χ1n) is 6.85. The van der Waals surface area contributed by atoms with Gasteiger partial charge >= 0.3 is 0 Å². The zero-order valence-electron chi connectivity index (χ0n) is 12.6. The first-order chi connectivity index (χ1) is 11.1. The minimum atomic E-state index is -0.283. The Labute approximate surface area is 137 Å². The van der Waals surface area contributed by atoms with Crippen molar-refractivity contribution in [1.82, 2.24) is 14.8 Å².